The van der Waals surface area contributed by atoms with Crippen molar-refractivity contribution in [1.29, 1.82) is 0 Å². The van der Waals surface area contributed by atoms with Crippen molar-refractivity contribution in [2.75, 3.05) is 10.2 Å². The minimum Gasteiger partial charge on any atom is -0.507 e. The number of rotatable bonds is 10. The third-order valence-electron chi connectivity index (χ3n) is 7.30. The van der Waals surface area contributed by atoms with E-state index in [9.17, 15) is 9.90 Å². The molecule has 2 aromatic carbocycles. The van der Waals surface area contributed by atoms with Crippen LogP contribution in [-0.4, -0.2) is 16.3 Å². The Balaban J connectivity index is 1.83. The van der Waals surface area contributed by atoms with Gasteiger partial charge in [-0.2, -0.15) is 0 Å². The maximum absolute atomic E-state index is 13.5. The fourth-order valence-corrected chi connectivity index (χ4v) is 6.20. The van der Waals surface area contributed by atoms with E-state index in [-0.39, 0.29) is 28.4 Å². The van der Waals surface area contributed by atoms with E-state index in [2.05, 4.69) is 122 Å². The Morgan fingerprint density at radius 1 is 1.00 bits per heavy atom. The third-order valence-corrected chi connectivity index (χ3v) is 8.15. The van der Waals surface area contributed by atoms with Gasteiger partial charge >= 0.3 is 0 Å². The van der Waals surface area contributed by atoms with Crippen LogP contribution in [-0.2, 0) is 15.6 Å². The van der Waals surface area contributed by atoms with Crippen LogP contribution in [0.4, 0.5) is 11.4 Å². The number of nitrogens with zero attached hydrogens (tertiary/aromatic N) is 1. The average Bonchev–Trinajstić information content (AvgIpc) is 2.85. The number of hydrogen-bond donors (Lipinski definition) is 2. The van der Waals surface area contributed by atoms with Crippen LogP contribution < -0.4 is 10.2 Å². The highest BCUT2D eigenvalue weighted by Crippen LogP contribution is 2.42. The van der Waals surface area contributed by atoms with Crippen LogP contribution in [0.2, 0.25) is 0 Å². The molecule has 0 heterocycles. The summed E-state index contributed by atoms with van der Waals surface area (Å²) < 4.78 is 0. The van der Waals surface area contributed by atoms with Gasteiger partial charge < -0.3 is 15.3 Å². The van der Waals surface area contributed by atoms with Gasteiger partial charge in [-0.05, 0) is 85.4 Å². The first-order valence-corrected chi connectivity index (χ1v) is 15.7. The summed E-state index contributed by atoms with van der Waals surface area (Å²) >= 11 is 1.24. The summed E-state index contributed by atoms with van der Waals surface area (Å²) in [6.45, 7) is 23.6. The summed E-state index contributed by atoms with van der Waals surface area (Å²) in [5, 5.41) is 14.6. The quantitative estimate of drug-likeness (QED) is 0.277. The van der Waals surface area contributed by atoms with E-state index in [1.165, 1.54) is 11.8 Å². The van der Waals surface area contributed by atoms with Crippen molar-refractivity contribution in [3.8, 4) is 5.75 Å². The summed E-state index contributed by atoms with van der Waals surface area (Å²) in [4.78, 5) is 16.6. The molecule has 2 N–H and O–H groups in total. The number of thioether (sulfide) groups is 1. The molecule has 0 aromatic heterocycles. The van der Waals surface area contributed by atoms with Crippen LogP contribution in [0.5, 0.6) is 5.75 Å². The van der Waals surface area contributed by atoms with Crippen molar-refractivity contribution in [3.05, 3.63) is 83.7 Å². The zero-order valence-corrected chi connectivity index (χ0v) is 27.4. The van der Waals surface area contributed by atoms with Crippen LogP contribution in [0.1, 0.15) is 99.1 Å². The molecule has 1 unspecified atom stereocenters. The van der Waals surface area contributed by atoms with Gasteiger partial charge in [0.2, 0.25) is 0 Å². The maximum Gasteiger partial charge on any atom is 0.199 e. The topological polar surface area (TPSA) is 52.6 Å². The number of anilines is 2. The van der Waals surface area contributed by atoms with E-state index in [1.54, 1.807) is 0 Å². The summed E-state index contributed by atoms with van der Waals surface area (Å²) in [6.07, 6.45) is 9.91. The molecule has 1 aliphatic carbocycles. The molecule has 0 bridgehead atoms. The van der Waals surface area contributed by atoms with Crippen LogP contribution in [0.15, 0.2) is 77.5 Å². The molecule has 4 nitrogen and oxygen atoms in total. The second-order valence-electron chi connectivity index (χ2n) is 13.7. The minimum absolute atomic E-state index is 0.0384. The Morgan fingerprint density at radius 3 is 2.07 bits per heavy atom. The molecular weight excluding hydrogens is 524 g/mol. The van der Waals surface area contributed by atoms with Crippen LogP contribution in [0, 0.1) is 5.92 Å². The number of nitrogens with one attached hydrogen (secondary N) is 1. The van der Waals surface area contributed by atoms with Crippen molar-refractivity contribution >= 4 is 28.3 Å². The van der Waals surface area contributed by atoms with Crippen molar-refractivity contribution in [3.63, 3.8) is 0 Å². The fourth-order valence-electron chi connectivity index (χ4n) is 5.34. The van der Waals surface area contributed by atoms with E-state index in [1.807, 2.05) is 12.1 Å². The summed E-state index contributed by atoms with van der Waals surface area (Å²) in [7, 11) is 0. The largest absolute Gasteiger partial charge is 0.507 e. The summed E-state index contributed by atoms with van der Waals surface area (Å²) in [5.74, 6) is 0.841. The first-order chi connectivity index (χ1) is 19.1. The highest BCUT2D eigenvalue weighted by Gasteiger charge is 2.28. The molecule has 41 heavy (non-hydrogen) atoms. The summed E-state index contributed by atoms with van der Waals surface area (Å²) in [5.41, 5.74) is 5.22. The van der Waals surface area contributed by atoms with Gasteiger partial charge in [0.15, 0.2) is 5.12 Å². The van der Waals surface area contributed by atoms with E-state index in [0.717, 1.165) is 58.1 Å². The summed E-state index contributed by atoms with van der Waals surface area (Å²) in [6, 6.07) is 12.5. The molecule has 0 amide bonds. The van der Waals surface area contributed by atoms with E-state index < -0.39 is 0 Å². The number of benzene rings is 2. The van der Waals surface area contributed by atoms with Crippen molar-refractivity contribution in [1.82, 2.24) is 0 Å². The molecule has 0 saturated carbocycles. The molecule has 5 heteroatoms. The van der Waals surface area contributed by atoms with Gasteiger partial charge in [0.05, 0.1) is 6.42 Å². The number of hydrogen-bond acceptors (Lipinski definition) is 5. The third kappa shape index (κ3) is 9.03. The smallest absolute Gasteiger partial charge is 0.199 e. The molecule has 0 saturated heterocycles. The van der Waals surface area contributed by atoms with Gasteiger partial charge in [0.25, 0.3) is 0 Å². The number of carbonyl (C=O) groups excluding carboxylic acids is 1. The normalized spacial score (nSPS) is 14.5. The molecule has 1 aliphatic rings. The molecule has 0 aliphatic heterocycles. The number of carbonyl (C=O) groups is 1. The lowest BCUT2D eigenvalue weighted by Crippen LogP contribution is -2.33. The number of allylic oxidation sites excluding steroid dienone is 4. The van der Waals surface area contributed by atoms with Crippen LogP contribution >= 0.6 is 11.8 Å². The molecule has 2 aromatic rings. The van der Waals surface area contributed by atoms with E-state index in [4.69, 9.17) is 0 Å². The highest BCUT2D eigenvalue weighted by atomic mass is 32.2. The zero-order chi connectivity index (χ0) is 30.5. The Morgan fingerprint density at radius 2 is 1.59 bits per heavy atom. The Kier molecular flexibility index (Phi) is 10.6. The number of phenolic OH excluding ortho intramolecular Hbond substituents is 1. The first kappa shape index (κ1) is 32.6. The lowest BCUT2D eigenvalue weighted by Gasteiger charge is -2.34. The SMILES string of the molecule is C=C(CC(=O)Sc1cc(C(C)(C)C)c(O)c(C(C)(C)C)c1)N(c1ccc(NC2=CCCC=C2)cc1)C(C)CC(C)C. The lowest BCUT2D eigenvalue weighted by molar-refractivity contribution is -0.110. The number of aromatic hydroxyl groups is 1. The Bertz CT molecular complexity index is 1260. The van der Waals surface area contributed by atoms with Crippen LogP contribution in [0.25, 0.3) is 0 Å². The van der Waals surface area contributed by atoms with Crippen LogP contribution in [0.3, 0.4) is 0 Å². The second kappa shape index (κ2) is 13.4. The Hall–Kier alpha value is -2.92. The second-order valence-corrected chi connectivity index (χ2v) is 14.9. The molecule has 0 fully saturated rings. The molecule has 1 atom stereocenters. The van der Waals surface area contributed by atoms with Crippen molar-refractivity contribution in [2.24, 2.45) is 5.92 Å². The van der Waals surface area contributed by atoms with E-state index in [0.29, 0.717) is 11.7 Å². The maximum atomic E-state index is 13.5. The zero-order valence-electron chi connectivity index (χ0n) is 26.6. The van der Waals surface area contributed by atoms with Gasteiger partial charge in [-0.3, -0.25) is 4.79 Å². The van der Waals surface area contributed by atoms with Gasteiger partial charge in [0.1, 0.15) is 5.75 Å². The van der Waals surface area contributed by atoms with Crippen molar-refractivity contribution < 1.29 is 9.90 Å². The standard InChI is InChI=1S/C36H50N2O2S/c1-24(2)20-25(3)38(29-18-16-28(17-19-29)37-27-14-12-11-13-15-27)26(4)21-33(39)41-30-22-31(35(5,6)7)34(40)32(23-30)36(8,9)10/h12,14-19,22-25,37,40H,4,11,13,20-21H2,1-3,5-10H3. The highest BCUT2D eigenvalue weighted by molar-refractivity contribution is 8.13. The Labute approximate surface area is 253 Å². The van der Waals surface area contributed by atoms with E-state index >= 15 is 0 Å². The minimum atomic E-state index is -0.249. The van der Waals surface area contributed by atoms with Crippen molar-refractivity contribution in [2.45, 2.75) is 110 Å². The van der Waals surface area contributed by atoms with Gasteiger partial charge in [0, 0.05) is 44.8 Å². The lowest BCUT2D eigenvalue weighted by atomic mass is 9.79. The molecule has 0 radical (unpaired) electrons. The number of phenols is 1. The predicted octanol–water partition coefficient (Wildman–Crippen LogP) is 10.1. The molecule has 3 rings (SSSR count). The molecule has 0 spiro atoms. The fraction of sp³-hybridized carbons (Fsp3) is 0.472. The molecule has 222 valence electrons. The average molecular weight is 575 g/mol. The first-order valence-electron chi connectivity index (χ1n) is 14.9. The predicted molar refractivity (Wildman–Crippen MR) is 178 cm³/mol. The van der Waals surface area contributed by atoms with Gasteiger partial charge in [-0.25, -0.2) is 0 Å². The monoisotopic (exact) mass is 574 g/mol. The van der Waals surface area contributed by atoms with Gasteiger partial charge in [-0.1, -0.05) is 85.9 Å². The molecular formula is C36H50N2O2S. The van der Waals surface area contributed by atoms with Gasteiger partial charge in [-0.15, -0.1) is 0 Å².